The number of pyridine rings is 1. The fraction of sp³-hybridized carbons (Fsp3) is 0.600. The van der Waals surface area contributed by atoms with E-state index in [2.05, 4.69) is 79.6 Å². The van der Waals surface area contributed by atoms with Crippen LogP contribution in [0.1, 0.15) is 165 Å². The predicted molar refractivity (Wildman–Crippen MR) is 214 cm³/mol. The Kier molecular flexibility index (Phi) is 31.7. The van der Waals surface area contributed by atoms with Crippen LogP contribution in [0.2, 0.25) is 0 Å². The van der Waals surface area contributed by atoms with E-state index in [4.69, 9.17) is 14.2 Å². The molecule has 52 heavy (non-hydrogen) atoms. The van der Waals surface area contributed by atoms with Gasteiger partial charge in [0.1, 0.15) is 13.2 Å². The summed E-state index contributed by atoms with van der Waals surface area (Å²) in [5, 5.41) is 0. The van der Waals surface area contributed by atoms with E-state index in [-0.39, 0.29) is 31.6 Å². The summed E-state index contributed by atoms with van der Waals surface area (Å²) in [4.78, 5) is 41.5. The van der Waals surface area contributed by atoms with Crippen LogP contribution in [0.25, 0.3) is 0 Å². The van der Waals surface area contributed by atoms with E-state index in [1.165, 1.54) is 31.9 Å². The summed E-state index contributed by atoms with van der Waals surface area (Å²) in [5.41, 5.74) is 0.300. The minimum Gasteiger partial charge on any atom is -0.462 e. The van der Waals surface area contributed by atoms with E-state index in [1.807, 2.05) is 0 Å². The molecule has 0 aliphatic rings. The molecule has 1 rings (SSSR count). The van der Waals surface area contributed by atoms with Crippen LogP contribution in [-0.2, 0) is 23.8 Å². The molecule has 0 aliphatic heterocycles. The summed E-state index contributed by atoms with van der Waals surface area (Å²) >= 11 is 0. The van der Waals surface area contributed by atoms with Gasteiger partial charge in [-0.2, -0.15) is 0 Å². The molecule has 0 spiro atoms. The third kappa shape index (κ3) is 29.9. The van der Waals surface area contributed by atoms with Gasteiger partial charge >= 0.3 is 17.9 Å². The van der Waals surface area contributed by atoms with Crippen molar-refractivity contribution >= 4 is 17.9 Å². The normalized spacial score (nSPS) is 12.5. The standard InChI is InChI=1S/C45H69NO6/c1-3-5-7-9-11-13-15-17-19-21-23-25-27-29-31-35-43(47)50-39-42(40-51-45(49)41-34-33-37-46-38-41)52-44(48)36-32-30-28-26-24-22-20-18-16-14-12-10-8-6-4-2/h6,8,11-14,17-20,33-34,37-38,42H,3-5,7,9-10,15-16,21-32,35-36,39-40H2,1-2H3/b8-6-,13-11-,14-12-,19-17-,20-18-/t42-/m0/s1. The number of hydrogen-bond acceptors (Lipinski definition) is 7. The van der Waals surface area contributed by atoms with Gasteiger partial charge in [0.15, 0.2) is 6.10 Å². The van der Waals surface area contributed by atoms with Crippen molar-refractivity contribution < 1.29 is 28.6 Å². The van der Waals surface area contributed by atoms with Crippen LogP contribution in [0, 0.1) is 0 Å². The van der Waals surface area contributed by atoms with E-state index in [0.29, 0.717) is 12.0 Å². The number of nitrogens with zero attached hydrogens (tertiary/aromatic N) is 1. The first-order valence-corrected chi connectivity index (χ1v) is 20.2. The first kappa shape index (κ1) is 46.3. The zero-order valence-electron chi connectivity index (χ0n) is 32.5. The smallest absolute Gasteiger partial charge is 0.339 e. The molecular weight excluding hydrogens is 650 g/mol. The number of aromatic nitrogens is 1. The number of hydrogen-bond donors (Lipinski definition) is 0. The Balaban J connectivity index is 2.27. The van der Waals surface area contributed by atoms with Gasteiger partial charge in [0.25, 0.3) is 0 Å². The first-order valence-electron chi connectivity index (χ1n) is 20.2. The Morgan fingerprint density at radius 2 is 1.10 bits per heavy atom. The summed E-state index contributed by atoms with van der Waals surface area (Å²) in [6.45, 7) is 4.02. The van der Waals surface area contributed by atoms with Gasteiger partial charge in [-0.1, -0.05) is 126 Å². The fourth-order valence-corrected chi connectivity index (χ4v) is 5.32. The lowest BCUT2D eigenvalue weighted by molar-refractivity contribution is -0.161. The van der Waals surface area contributed by atoms with E-state index in [9.17, 15) is 14.4 Å². The molecule has 0 saturated heterocycles. The second kappa shape index (κ2) is 35.7. The summed E-state index contributed by atoms with van der Waals surface area (Å²) in [5.74, 6) is -1.29. The molecule has 0 fully saturated rings. The Labute approximate surface area is 316 Å². The van der Waals surface area contributed by atoms with Gasteiger partial charge in [-0.25, -0.2) is 4.79 Å². The molecule has 1 atom stereocenters. The second-order valence-electron chi connectivity index (χ2n) is 13.2. The van der Waals surface area contributed by atoms with E-state index < -0.39 is 12.1 Å². The third-order valence-electron chi connectivity index (χ3n) is 8.39. The number of carbonyl (C=O) groups is 3. The van der Waals surface area contributed by atoms with Crippen molar-refractivity contribution in [2.24, 2.45) is 0 Å². The number of unbranched alkanes of at least 4 members (excludes halogenated alkanes) is 13. The quantitative estimate of drug-likeness (QED) is 0.0309. The Morgan fingerprint density at radius 3 is 1.65 bits per heavy atom. The zero-order valence-corrected chi connectivity index (χ0v) is 32.5. The van der Waals surface area contributed by atoms with Crippen molar-refractivity contribution in [2.75, 3.05) is 13.2 Å². The van der Waals surface area contributed by atoms with Gasteiger partial charge in [-0.15, -0.1) is 0 Å². The van der Waals surface area contributed by atoms with E-state index in [0.717, 1.165) is 103 Å². The molecule has 290 valence electrons. The van der Waals surface area contributed by atoms with Crippen LogP contribution in [0.4, 0.5) is 0 Å². The molecule has 0 aromatic carbocycles. The van der Waals surface area contributed by atoms with Crippen molar-refractivity contribution in [3.8, 4) is 0 Å². The van der Waals surface area contributed by atoms with Crippen molar-refractivity contribution in [1.82, 2.24) is 4.98 Å². The van der Waals surface area contributed by atoms with Crippen LogP contribution in [0.3, 0.4) is 0 Å². The molecule has 0 aliphatic carbocycles. The molecule has 0 N–H and O–H groups in total. The predicted octanol–water partition coefficient (Wildman–Crippen LogP) is 12.1. The summed E-state index contributed by atoms with van der Waals surface area (Å²) in [7, 11) is 0. The molecular formula is C45H69NO6. The Morgan fingerprint density at radius 1 is 0.596 bits per heavy atom. The highest BCUT2D eigenvalue weighted by atomic mass is 16.6. The molecule has 0 bridgehead atoms. The SMILES string of the molecule is CC/C=C\C/C=C\C/C=C\CCCCCCCC(=O)O[C@@H](COC(=O)CCCCCCC/C=C\C/C=C\CCCCC)COC(=O)c1cccnc1. The lowest BCUT2D eigenvalue weighted by atomic mass is 10.1. The topological polar surface area (TPSA) is 91.8 Å². The summed E-state index contributed by atoms with van der Waals surface area (Å²) in [6, 6.07) is 3.25. The molecule has 1 aromatic rings. The van der Waals surface area contributed by atoms with Gasteiger partial charge in [-0.05, 0) is 89.2 Å². The highest BCUT2D eigenvalue weighted by Gasteiger charge is 2.20. The zero-order chi connectivity index (χ0) is 37.6. The third-order valence-corrected chi connectivity index (χ3v) is 8.39. The fourth-order valence-electron chi connectivity index (χ4n) is 5.32. The monoisotopic (exact) mass is 720 g/mol. The maximum absolute atomic E-state index is 12.6. The summed E-state index contributed by atoms with van der Waals surface area (Å²) < 4.78 is 16.4. The van der Waals surface area contributed by atoms with Crippen LogP contribution in [0.15, 0.2) is 85.3 Å². The lowest BCUT2D eigenvalue weighted by Crippen LogP contribution is -2.31. The largest absolute Gasteiger partial charge is 0.462 e. The van der Waals surface area contributed by atoms with Gasteiger partial charge < -0.3 is 14.2 Å². The number of allylic oxidation sites excluding steroid dienone is 10. The minimum absolute atomic E-state index is 0.148. The molecule has 0 radical (unpaired) electrons. The van der Waals surface area contributed by atoms with Gasteiger partial charge in [0.2, 0.25) is 0 Å². The van der Waals surface area contributed by atoms with Crippen LogP contribution in [-0.4, -0.2) is 42.2 Å². The van der Waals surface area contributed by atoms with Crippen molar-refractivity contribution in [2.45, 2.75) is 161 Å². The molecule has 1 aromatic heterocycles. The van der Waals surface area contributed by atoms with E-state index in [1.54, 1.807) is 18.3 Å². The highest BCUT2D eigenvalue weighted by molar-refractivity contribution is 5.88. The molecule has 1 heterocycles. The Hall–Kier alpha value is -3.74. The van der Waals surface area contributed by atoms with Crippen LogP contribution in [0.5, 0.6) is 0 Å². The molecule has 7 nitrogen and oxygen atoms in total. The molecule has 0 saturated carbocycles. The van der Waals surface area contributed by atoms with Gasteiger partial charge in [-0.3, -0.25) is 14.6 Å². The average Bonchev–Trinajstić information content (AvgIpc) is 3.16. The minimum atomic E-state index is -0.865. The van der Waals surface area contributed by atoms with Gasteiger partial charge in [0, 0.05) is 25.2 Å². The maximum Gasteiger partial charge on any atom is 0.339 e. The van der Waals surface area contributed by atoms with Crippen molar-refractivity contribution in [1.29, 1.82) is 0 Å². The molecule has 0 unspecified atom stereocenters. The summed E-state index contributed by atoms with van der Waals surface area (Å²) in [6.07, 6.45) is 46.3. The maximum atomic E-state index is 12.6. The van der Waals surface area contributed by atoms with Gasteiger partial charge in [0.05, 0.1) is 5.56 Å². The van der Waals surface area contributed by atoms with E-state index >= 15 is 0 Å². The number of esters is 3. The number of ether oxygens (including phenoxy) is 3. The first-order chi connectivity index (χ1) is 25.6. The van der Waals surface area contributed by atoms with Crippen molar-refractivity contribution in [3.05, 3.63) is 90.9 Å². The van der Waals surface area contributed by atoms with Crippen LogP contribution < -0.4 is 0 Å². The number of rotatable bonds is 33. The molecule has 0 amide bonds. The Bertz CT molecular complexity index is 1170. The second-order valence-corrected chi connectivity index (χ2v) is 13.2. The average molecular weight is 720 g/mol. The molecule has 7 heteroatoms. The lowest BCUT2D eigenvalue weighted by Gasteiger charge is -2.18. The van der Waals surface area contributed by atoms with Crippen LogP contribution >= 0.6 is 0 Å². The van der Waals surface area contributed by atoms with Crippen molar-refractivity contribution in [3.63, 3.8) is 0 Å². The highest BCUT2D eigenvalue weighted by Crippen LogP contribution is 2.12. The number of carbonyl (C=O) groups excluding carboxylic acids is 3.